The molecule has 0 unspecified atom stereocenters. The highest BCUT2D eigenvalue weighted by Gasteiger charge is 2.46. The standard InChI is InChI=1S/C63H42N2/c1-3-21-47(22-4-1)63(48-23-5-2-6-24-48)57-29-13-11-27-53(57)54-39-38-50(42-58(54)63)64(59-31-15-19-44-17-7-9-25-51(44)59)49-36-33-43(34-37-49)46-35-40-62-56(41-46)55-28-12-14-30-61(55)65(62)60-32-16-20-45-18-8-10-26-52(45)60/h1-42H. The second-order valence-corrected chi connectivity index (χ2v) is 17.2. The van der Waals surface area contributed by atoms with Gasteiger partial charge in [0.15, 0.2) is 0 Å². The fourth-order valence-electron chi connectivity index (χ4n) is 11.0. The lowest BCUT2D eigenvalue weighted by Gasteiger charge is -2.35. The van der Waals surface area contributed by atoms with E-state index in [4.69, 9.17) is 0 Å². The number of hydrogen-bond acceptors (Lipinski definition) is 1. The van der Waals surface area contributed by atoms with Gasteiger partial charge in [-0.25, -0.2) is 0 Å². The second-order valence-electron chi connectivity index (χ2n) is 17.2. The van der Waals surface area contributed by atoms with E-state index in [0.29, 0.717) is 0 Å². The fourth-order valence-corrected chi connectivity index (χ4v) is 11.0. The predicted molar refractivity (Wildman–Crippen MR) is 273 cm³/mol. The minimum atomic E-state index is -0.506. The van der Waals surface area contributed by atoms with E-state index in [9.17, 15) is 0 Å². The molecule has 0 saturated heterocycles. The van der Waals surface area contributed by atoms with Crippen molar-refractivity contribution in [1.29, 1.82) is 0 Å². The minimum Gasteiger partial charge on any atom is -0.310 e. The molecule has 0 N–H and O–H groups in total. The number of benzene rings is 11. The molecule has 12 aromatic rings. The van der Waals surface area contributed by atoms with Gasteiger partial charge in [-0.15, -0.1) is 0 Å². The van der Waals surface area contributed by atoms with Crippen LogP contribution < -0.4 is 4.90 Å². The lowest BCUT2D eigenvalue weighted by atomic mass is 9.67. The summed E-state index contributed by atoms with van der Waals surface area (Å²) in [5, 5.41) is 7.38. The van der Waals surface area contributed by atoms with E-state index < -0.39 is 5.41 Å². The van der Waals surface area contributed by atoms with Gasteiger partial charge in [0, 0.05) is 32.9 Å². The number of hydrogen-bond donors (Lipinski definition) is 0. The van der Waals surface area contributed by atoms with Gasteiger partial charge in [-0.1, -0.05) is 200 Å². The van der Waals surface area contributed by atoms with Crippen LogP contribution in [0, 0.1) is 0 Å². The highest BCUT2D eigenvalue weighted by atomic mass is 15.1. The lowest BCUT2D eigenvalue weighted by molar-refractivity contribution is 0.768. The van der Waals surface area contributed by atoms with Crippen LogP contribution in [0.4, 0.5) is 17.1 Å². The van der Waals surface area contributed by atoms with Crippen molar-refractivity contribution in [2.75, 3.05) is 4.90 Å². The first-order valence-electron chi connectivity index (χ1n) is 22.5. The van der Waals surface area contributed by atoms with Crippen LogP contribution >= 0.6 is 0 Å². The highest BCUT2D eigenvalue weighted by molar-refractivity contribution is 6.12. The SMILES string of the molecule is c1ccc(C2(c3ccccc3)c3ccccc3-c3ccc(N(c4ccc(-c5ccc6c(c5)c5ccccc5n6-c5cccc6ccccc56)cc4)c4cccc5ccccc45)cc32)cc1. The number of nitrogens with zero attached hydrogens (tertiary/aromatic N) is 2. The number of fused-ring (bicyclic) bond motifs is 8. The van der Waals surface area contributed by atoms with Crippen LogP contribution in [0.15, 0.2) is 255 Å². The number of para-hydroxylation sites is 1. The van der Waals surface area contributed by atoms with E-state index in [1.54, 1.807) is 0 Å². The molecule has 0 fully saturated rings. The van der Waals surface area contributed by atoms with E-state index in [-0.39, 0.29) is 0 Å². The zero-order chi connectivity index (χ0) is 42.9. The van der Waals surface area contributed by atoms with Gasteiger partial charge in [-0.05, 0) is 110 Å². The van der Waals surface area contributed by atoms with Gasteiger partial charge in [-0.3, -0.25) is 0 Å². The molecule has 0 atom stereocenters. The second kappa shape index (κ2) is 14.8. The maximum absolute atomic E-state index is 2.46. The first-order valence-corrected chi connectivity index (χ1v) is 22.5. The smallest absolute Gasteiger partial charge is 0.0714 e. The maximum Gasteiger partial charge on any atom is 0.0714 e. The van der Waals surface area contributed by atoms with Crippen LogP contribution in [0.5, 0.6) is 0 Å². The van der Waals surface area contributed by atoms with Gasteiger partial charge in [0.2, 0.25) is 0 Å². The van der Waals surface area contributed by atoms with Crippen LogP contribution in [-0.2, 0) is 5.41 Å². The largest absolute Gasteiger partial charge is 0.310 e. The molecule has 1 heterocycles. The van der Waals surface area contributed by atoms with Crippen molar-refractivity contribution in [2.45, 2.75) is 5.41 Å². The van der Waals surface area contributed by atoms with Gasteiger partial charge < -0.3 is 9.47 Å². The molecular weight excluding hydrogens is 785 g/mol. The van der Waals surface area contributed by atoms with Gasteiger partial charge in [0.25, 0.3) is 0 Å². The molecule has 0 aliphatic heterocycles. The normalized spacial score (nSPS) is 12.7. The monoisotopic (exact) mass is 826 g/mol. The van der Waals surface area contributed by atoms with Crippen molar-refractivity contribution in [3.05, 3.63) is 277 Å². The molecule has 11 aromatic carbocycles. The van der Waals surface area contributed by atoms with E-state index in [1.807, 2.05) is 0 Å². The Kier molecular flexibility index (Phi) is 8.47. The predicted octanol–water partition coefficient (Wildman–Crippen LogP) is 16.6. The number of anilines is 3. The summed E-state index contributed by atoms with van der Waals surface area (Å²) in [6, 6.07) is 93.9. The summed E-state index contributed by atoms with van der Waals surface area (Å²) >= 11 is 0. The van der Waals surface area contributed by atoms with Gasteiger partial charge in [0.1, 0.15) is 0 Å². The number of aromatic nitrogens is 1. The number of rotatable bonds is 7. The summed E-state index contributed by atoms with van der Waals surface area (Å²) in [5.74, 6) is 0. The van der Waals surface area contributed by atoms with Crippen LogP contribution in [-0.4, -0.2) is 4.57 Å². The Morgan fingerprint density at radius 2 is 0.877 bits per heavy atom. The quantitative estimate of drug-likeness (QED) is 0.155. The molecule has 1 aromatic heterocycles. The maximum atomic E-state index is 2.46. The zero-order valence-corrected chi connectivity index (χ0v) is 35.6. The third-order valence-corrected chi connectivity index (χ3v) is 13.8. The Hall–Kier alpha value is -8.46. The summed E-state index contributed by atoms with van der Waals surface area (Å²) in [7, 11) is 0. The molecule has 2 heteroatoms. The summed E-state index contributed by atoms with van der Waals surface area (Å²) in [6.45, 7) is 0. The van der Waals surface area contributed by atoms with E-state index in [1.165, 1.54) is 93.5 Å². The van der Waals surface area contributed by atoms with Crippen molar-refractivity contribution in [1.82, 2.24) is 4.57 Å². The topological polar surface area (TPSA) is 8.17 Å². The summed E-state index contributed by atoms with van der Waals surface area (Å²) in [6.07, 6.45) is 0. The van der Waals surface area contributed by atoms with Crippen molar-refractivity contribution in [3.8, 4) is 27.9 Å². The van der Waals surface area contributed by atoms with Crippen molar-refractivity contribution in [3.63, 3.8) is 0 Å². The van der Waals surface area contributed by atoms with Gasteiger partial charge in [0.05, 0.1) is 27.8 Å². The third-order valence-electron chi connectivity index (χ3n) is 13.8. The molecule has 0 saturated carbocycles. The van der Waals surface area contributed by atoms with Crippen LogP contribution in [0.25, 0.3) is 71.3 Å². The van der Waals surface area contributed by atoms with Gasteiger partial charge >= 0.3 is 0 Å². The molecule has 0 spiro atoms. The molecule has 0 radical (unpaired) electrons. The van der Waals surface area contributed by atoms with E-state index >= 15 is 0 Å². The van der Waals surface area contributed by atoms with E-state index in [0.717, 1.165) is 17.1 Å². The lowest BCUT2D eigenvalue weighted by Crippen LogP contribution is -2.28. The molecule has 1 aliphatic carbocycles. The molecule has 0 bridgehead atoms. The Morgan fingerprint density at radius 1 is 0.323 bits per heavy atom. The van der Waals surface area contributed by atoms with Gasteiger partial charge in [-0.2, -0.15) is 0 Å². The average Bonchev–Trinajstić information content (AvgIpc) is 3.87. The summed E-state index contributed by atoms with van der Waals surface area (Å²) in [5.41, 5.74) is 16.5. The Morgan fingerprint density at radius 3 is 1.65 bits per heavy atom. The first kappa shape index (κ1) is 37.1. The molecule has 2 nitrogen and oxygen atoms in total. The van der Waals surface area contributed by atoms with Crippen LogP contribution in [0.3, 0.4) is 0 Å². The zero-order valence-electron chi connectivity index (χ0n) is 35.6. The first-order chi connectivity index (χ1) is 32.3. The summed E-state index contributed by atoms with van der Waals surface area (Å²) < 4.78 is 2.43. The van der Waals surface area contributed by atoms with Crippen molar-refractivity contribution in [2.24, 2.45) is 0 Å². The third kappa shape index (κ3) is 5.67. The fraction of sp³-hybridized carbons (Fsp3) is 0.0159. The molecule has 0 amide bonds. The van der Waals surface area contributed by atoms with Crippen molar-refractivity contribution < 1.29 is 0 Å². The molecule has 13 rings (SSSR count). The Bertz CT molecular complexity index is 3720. The van der Waals surface area contributed by atoms with Crippen LogP contribution in [0.1, 0.15) is 22.3 Å². The molecule has 304 valence electrons. The van der Waals surface area contributed by atoms with Crippen LogP contribution in [0.2, 0.25) is 0 Å². The molecule has 1 aliphatic rings. The Labute approximate surface area is 378 Å². The van der Waals surface area contributed by atoms with E-state index in [2.05, 4.69) is 264 Å². The summed E-state index contributed by atoms with van der Waals surface area (Å²) in [4.78, 5) is 2.46. The molecule has 65 heavy (non-hydrogen) atoms. The Balaban J connectivity index is 0.981. The highest BCUT2D eigenvalue weighted by Crippen LogP contribution is 2.57. The molecular formula is C63H42N2. The van der Waals surface area contributed by atoms with Crippen molar-refractivity contribution >= 4 is 60.4 Å². The average molecular weight is 827 g/mol. The minimum absolute atomic E-state index is 0.506.